The number of nitriles is 1. The summed E-state index contributed by atoms with van der Waals surface area (Å²) in [4.78, 5) is 21.7. The molecule has 0 saturated heterocycles. The third kappa shape index (κ3) is 3.04. The number of carboxylic acids is 1. The molecule has 0 spiro atoms. The molecule has 1 N–H and O–H groups in total. The van der Waals surface area contributed by atoms with Crippen LogP contribution in [0.15, 0.2) is 42.5 Å². The molecule has 0 fully saturated rings. The highest BCUT2D eigenvalue weighted by atomic mass is 16.6. The lowest BCUT2D eigenvalue weighted by Gasteiger charge is -2.07. The van der Waals surface area contributed by atoms with Gasteiger partial charge < -0.3 is 5.11 Å². The summed E-state index contributed by atoms with van der Waals surface area (Å²) in [6.45, 7) is 0. The molecule has 0 radical (unpaired) electrons. The third-order valence-corrected chi connectivity index (χ3v) is 3.04. The second kappa shape index (κ2) is 5.84. The van der Waals surface area contributed by atoms with Gasteiger partial charge in [-0.2, -0.15) is 5.26 Å². The van der Waals surface area contributed by atoms with Gasteiger partial charge in [-0.25, -0.2) is 4.79 Å². The Bertz CT molecular complexity index is 763. The Hall–Kier alpha value is -3.20. The normalized spacial score (nSPS) is 9.86. The molecular weight excluding hydrogens is 272 g/mol. The van der Waals surface area contributed by atoms with E-state index in [1.54, 1.807) is 18.2 Å². The number of hydrogen-bond acceptors (Lipinski definition) is 4. The Morgan fingerprint density at radius 2 is 1.95 bits per heavy atom. The average molecular weight is 282 g/mol. The minimum Gasteiger partial charge on any atom is -0.478 e. The van der Waals surface area contributed by atoms with Crippen LogP contribution in [0.5, 0.6) is 0 Å². The number of aromatic carboxylic acids is 1. The highest BCUT2D eigenvalue weighted by Gasteiger charge is 2.17. The SMILES string of the molecule is N#Cc1ccc(Cc2ccccc2C(=O)O)c([N+](=O)[O-])c1. The first-order valence-corrected chi connectivity index (χ1v) is 6.01. The Labute approximate surface area is 120 Å². The molecule has 0 aliphatic rings. The number of hydrogen-bond donors (Lipinski definition) is 1. The van der Waals surface area contributed by atoms with Crippen LogP contribution >= 0.6 is 0 Å². The molecule has 21 heavy (non-hydrogen) atoms. The van der Waals surface area contributed by atoms with Gasteiger partial charge in [0.05, 0.1) is 22.1 Å². The molecule has 104 valence electrons. The number of nitrogens with zero attached hydrogens (tertiary/aromatic N) is 2. The Morgan fingerprint density at radius 3 is 2.57 bits per heavy atom. The minimum atomic E-state index is -1.08. The molecule has 0 aliphatic heterocycles. The summed E-state index contributed by atoms with van der Waals surface area (Å²) < 4.78 is 0. The van der Waals surface area contributed by atoms with Crippen LogP contribution in [-0.2, 0) is 6.42 Å². The Kier molecular flexibility index (Phi) is 3.95. The summed E-state index contributed by atoms with van der Waals surface area (Å²) in [5.74, 6) is -1.08. The summed E-state index contributed by atoms with van der Waals surface area (Å²) in [6.07, 6.45) is 0.116. The van der Waals surface area contributed by atoms with Gasteiger partial charge in [0.15, 0.2) is 0 Å². The molecule has 0 saturated carbocycles. The first-order valence-electron chi connectivity index (χ1n) is 6.01. The summed E-state index contributed by atoms with van der Waals surface area (Å²) in [7, 11) is 0. The van der Waals surface area contributed by atoms with Gasteiger partial charge in [-0.1, -0.05) is 24.3 Å². The summed E-state index contributed by atoms with van der Waals surface area (Å²) >= 11 is 0. The second-order valence-electron chi connectivity index (χ2n) is 4.35. The fraction of sp³-hybridized carbons (Fsp3) is 0.0667. The monoisotopic (exact) mass is 282 g/mol. The van der Waals surface area contributed by atoms with Crippen LogP contribution in [0.3, 0.4) is 0 Å². The zero-order valence-electron chi connectivity index (χ0n) is 10.8. The lowest BCUT2D eigenvalue weighted by atomic mass is 9.98. The highest BCUT2D eigenvalue weighted by molar-refractivity contribution is 5.89. The molecule has 6 heteroatoms. The molecule has 2 rings (SSSR count). The van der Waals surface area contributed by atoms with E-state index >= 15 is 0 Å². The maximum absolute atomic E-state index is 11.2. The zero-order valence-corrected chi connectivity index (χ0v) is 10.8. The molecule has 2 aromatic carbocycles. The number of carboxylic acid groups (broad SMARTS) is 1. The van der Waals surface area contributed by atoms with Crippen LogP contribution in [0, 0.1) is 21.4 Å². The Balaban J connectivity index is 2.48. The Morgan fingerprint density at radius 1 is 1.24 bits per heavy atom. The molecule has 0 amide bonds. The summed E-state index contributed by atoms with van der Waals surface area (Å²) in [6, 6.07) is 12.3. The van der Waals surface area contributed by atoms with Crippen LogP contribution < -0.4 is 0 Å². The van der Waals surface area contributed by atoms with Crippen LogP contribution in [-0.4, -0.2) is 16.0 Å². The number of nitro groups is 1. The van der Waals surface area contributed by atoms with Crippen molar-refractivity contribution in [2.75, 3.05) is 0 Å². The summed E-state index contributed by atoms with van der Waals surface area (Å²) in [5.41, 5.74) is 0.966. The summed E-state index contributed by atoms with van der Waals surface area (Å²) in [5, 5.41) is 29.0. The number of rotatable bonds is 4. The first kappa shape index (κ1) is 14.2. The van der Waals surface area contributed by atoms with Crippen molar-refractivity contribution in [3.05, 3.63) is 74.8 Å². The topological polar surface area (TPSA) is 104 Å². The highest BCUT2D eigenvalue weighted by Crippen LogP contribution is 2.24. The molecule has 2 aromatic rings. The van der Waals surface area contributed by atoms with E-state index in [4.69, 9.17) is 10.4 Å². The smallest absolute Gasteiger partial charge is 0.335 e. The predicted octanol–water partition coefficient (Wildman–Crippen LogP) is 2.76. The van der Waals surface area contributed by atoms with Crippen LogP contribution in [0.2, 0.25) is 0 Å². The van der Waals surface area contributed by atoms with Crippen molar-refractivity contribution in [1.82, 2.24) is 0 Å². The van der Waals surface area contributed by atoms with Crippen molar-refractivity contribution in [3.8, 4) is 6.07 Å². The molecule has 0 atom stereocenters. The van der Waals surface area contributed by atoms with Gasteiger partial charge in [-0.3, -0.25) is 10.1 Å². The molecule has 0 heterocycles. The van der Waals surface area contributed by atoms with Gasteiger partial charge in [-0.15, -0.1) is 0 Å². The first-order chi connectivity index (χ1) is 10.0. The lowest BCUT2D eigenvalue weighted by molar-refractivity contribution is -0.385. The quantitative estimate of drug-likeness (QED) is 0.685. The standard InChI is InChI=1S/C15H10N2O4/c16-9-10-5-6-12(14(7-10)17(20)21)8-11-3-1-2-4-13(11)15(18)19/h1-7H,8H2,(H,18,19). The fourth-order valence-electron chi connectivity index (χ4n) is 2.04. The average Bonchev–Trinajstić information content (AvgIpc) is 2.47. The van der Waals surface area contributed by atoms with E-state index in [2.05, 4.69) is 0 Å². The van der Waals surface area contributed by atoms with E-state index in [9.17, 15) is 14.9 Å². The fourth-order valence-corrected chi connectivity index (χ4v) is 2.04. The number of benzene rings is 2. The van der Waals surface area contributed by atoms with Gasteiger partial charge in [0.25, 0.3) is 5.69 Å². The van der Waals surface area contributed by atoms with E-state index in [0.29, 0.717) is 11.1 Å². The predicted molar refractivity (Wildman–Crippen MR) is 74.0 cm³/mol. The molecule has 0 unspecified atom stereocenters. The number of carbonyl (C=O) groups is 1. The van der Waals surface area contributed by atoms with Crippen molar-refractivity contribution in [1.29, 1.82) is 5.26 Å². The maximum Gasteiger partial charge on any atom is 0.335 e. The van der Waals surface area contributed by atoms with Crippen molar-refractivity contribution in [2.24, 2.45) is 0 Å². The van der Waals surface area contributed by atoms with Crippen molar-refractivity contribution in [3.63, 3.8) is 0 Å². The lowest BCUT2D eigenvalue weighted by Crippen LogP contribution is -2.04. The van der Waals surface area contributed by atoms with Gasteiger partial charge in [0, 0.05) is 18.1 Å². The number of nitro benzene ring substituents is 1. The molecule has 0 aliphatic carbocycles. The van der Waals surface area contributed by atoms with Gasteiger partial charge >= 0.3 is 5.97 Å². The van der Waals surface area contributed by atoms with Crippen LogP contribution in [0.25, 0.3) is 0 Å². The van der Waals surface area contributed by atoms with E-state index in [1.165, 1.54) is 24.3 Å². The van der Waals surface area contributed by atoms with Gasteiger partial charge in [-0.05, 0) is 17.7 Å². The van der Waals surface area contributed by atoms with Crippen LogP contribution in [0.4, 0.5) is 5.69 Å². The molecular formula is C15H10N2O4. The van der Waals surface area contributed by atoms with Crippen molar-refractivity contribution >= 4 is 11.7 Å². The molecule has 0 aromatic heterocycles. The van der Waals surface area contributed by atoms with E-state index in [1.807, 2.05) is 6.07 Å². The van der Waals surface area contributed by atoms with Crippen molar-refractivity contribution < 1.29 is 14.8 Å². The van der Waals surface area contributed by atoms with Crippen molar-refractivity contribution in [2.45, 2.75) is 6.42 Å². The van der Waals surface area contributed by atoms with Gasteiger partial charge in [0.2, 0.25) is 0 Å². The maximum atomic E-state index is 11.2. The largest absolute Gasteiger partial charge is 0.478 e. The minimum absolute atomic E-state index is 0.108. The second-order valence-corrected chi connectivity index (χ2v) is 4.35. The third-order valence-electron chi connectivity index (χ3n) is 3.04. The van der Waals surface area contributed by atoms with Crippen LogP contribution in [0.1, 0.15) is 27.0 Å². The molecule has 6 nitrogen and oxygen atoms in total. The van der Waals surface area contributed by atoms with Gasteiger partial charge in [0.1, 0.15) is 0 Å². The van der Waals surface area contributed by atoms with E-state index in [0.717, 1.165) is 0 Å². The zero-order chi connectivity index (χ0) is 15.4. The van der Waals surface area contributed by atoms with E-state index in [-0.39, 0.29) is 23.2 Å². The van der Waals surface area contributed by atoms with E-state index < -0.39 is 10.9 Å². The molecule has 0 bridgehead atoms.